The number of rotatable bonds is 0. The average molecular weight is 509 g/mol. The minimum Gasteiger partial charge on any atom is -0.505 e. The van der Waals surface area contributed by atoms with E-state index in [0.717, 1.165) is 12.1 Å². The lowest BCUT2D eigenvalue weighted by Gasteiger charge is -2.24. The first-order valence-corrected chi connectivity index (χ1v) is 12.2. The molecule has 11 heteroatoms. The number of phenols is 1. The molecular formula is C23H19ClF2N2O5S. The van der Waals surface area contributed by atoms with Gasteiger partial charge in [-0.05, 0) is 36.2 Å². The maximum absolute atomic E-state index is 14.8. The Morgan fingerprint density at radius 2 is 1.85 bits per heavy atom. The fourth-order valence-corrected chi connectivity index (χ4v) is 5.73. The molecule has 5 rings (SSSR count). The molecule has 0 saturated carbocycles. The molecule has 6 bridgehead atoms. The van der Waals surface area contributed by atoms with Crippen LogP contribution in [-0.2, 0) is 10.0 Å². The number of aromatic hydroxyl groups is 1. The van der Waals surface area contributed by atoms with Gasteiger partial charge < -0.3 is 14.9 Å². The van der Waals surface area contributed by atoms with Crippen molar-refractivity contribution in [2.24, 2.45) is 0 Å². The van der Waals surface area contributed by atoms with Crippen molar-refractivity contribution in [1.82, 2.24) is 4.90 Å². The largest absolute Gasteiger partial charge is 0.505 e. The first-order valence-electron chi connectivity index (χ1n) is 10.4. The van der Waals surface area contributed by atoms with E-state index < -0.39 is 44.2 Å². The molecule has 34 heavy (non-hydrogen) atoms. The van der Waals surface area contributed by atoms with Crippen molar-refractivity contribution in [2.75, 3.05) is 17.8 Å². The number of anilines is 1. The van der Waals surface area contributed by atoms with Gasteiger partial charge in [-0.25, -0.2) is 17.2 Å². The van der Waals surface area contributed by atoms with Crippen LogP contribution in [0.25, 0.3) is 11.1 Å². The Kier molecular flexibility index (Phi) is 5.64. The number of aliphatic hydroxyl groups excluding tert-OH is 1. The summed E-state index contributed by atoms with van der Waals surface area (Å²) in [6.45, 7) is 0.730. The van der Waals surface area contributed by atoms with Crippen molar-refractivity contribution in [1.29, 1.82) is 0 Å². The molecule has 2 aliphatic heterocycles. The first-order chi connectivity index (χ1) is 16.1. The Hall–Kier alpha value is -2.92. The normalized spacial score (nSPS) is 23.1. The second-order valence-corrected chi connectivity index (χ2v) is 10.2. The van der Waals surface area contributed by atoms with Gasteiger partial charge in [-0.15, -0.1) is 0 Å². The third-order valence-corrected chi connectivity index (χ3v) is 7.60. The number of aliphatic hydroxyl groups is 1. The Labute approximate surface area is 199 Å². The number of benzene rings is 3. The summed E-state index contributed by atoms with van der Waals surface area (Å²) in [7, 11) is -4.59. The van der Waals surface area contributed by atoms with Crippen molar-refractivity contribution in [3.63, 3.8) is 0 Å². The molecule has 1 saturated heterocycles. The highest BCUT2D eigenvalue weighted by atomic mass is 35.5. The summed E-state index contributed by atoms with van der Waals surface area (Å²) < 4.78 is 63.9. The number of nitrogens with one attached hydrogen (secondary N) is 1. The lowest BCUT2D eigenvalue weighted by Crippen LogP contribution is -2.29. The third-order valence-electron chi connectivity index (χ3n) is 5.93. The molecule has 0 aromatic heterocycles. The van der Waals surface area contributed by atoms with Gasteiger partial charge in [-0.3, -0.25) is 9.62 Å². The van der Waals surface area contributed by atoms with E-state index in [1.807, 2.05) is 0 Å². The number of nitrogens with zero attached hydrogens (tertiary/aromatic N) is 1. The summed E-state index contributed by atoms with van der Waals surface area (Å²) in [6.07, 6.45) is -1.05. The van der Waals surface area contributed by atoms with Crippen LogP contribution in [0.5, 0.6) is 11.5 Å². The number of sulfonamides is 1. The molecule has 0 radical (unpaired) electrons. The minimum atomic E-state index is -4.59. The van der Waals surface area contributed by atoms with E-state index in [1.165, 1.54) is 6.07 Å². The lowest BCUT2D eigenvalue weighted by molar-refractivity contribution is 0.0119. The molecular weight excluding hydrogens is 490 g/mol. The molecule has 3 atom stereocenters. The second-order valence-electron chi connectivity index (χ2n) is 8.16. The van der Waals surface area contributed by atoms with Crippen LogP contribution in [0.3, 0.4) is 0 Å². The molecule has 178 valence electrons. The molecule has 2 aliphatic rings. The molecule has 3 N–H and O–H groups in total. The molecule has 2 unspecified atom stereocenters. The Bertz CT molecular complexity index is 1400. The van der Waals surface area contributed by atoms with E-state index >= 15 is 0 Å². The van der Waals surface area contributed by atoms with Gasteiger partial charge in [0, 0.05) is 30.3 Å². The van der Waals surface area contributed by atoms with Gasteiger partial charge in [0.15, 0.2) is 5.75 Å². The molecule has 0 aliphatic carbocycles. The van der Waals surface area contributed by atoms with E-state index in [1.54, 1.807) is 29.2 Å². The van der Waals surface area contributed by atoms with Crippen molar-refractivity contribution in [3.8, 4) is 22.6 Å². The zero-order chi connectivity index (χ0) is 24.2. The minimum absolute atomic E-state index is 0.0736. The summed E-state index contributed by atoms with van der Waals surface area (Å²) >= 11 is 6.06. The standard InChI is InChI=1S/C23H19ClF2N2O5S/c24-16-7-12-8-21(22(16)29)34(31,32)27-19-9-15(17(25)10-18(19)26)14-3-1-2-4-20(14)33-13-5-6-28(11-13)23(12)30/h1-4,7-10,13,23,27,29-30H,5-6,11H2/t13-,23?/m1/s1. The van der Waals surface area contributed by atoms with E-state index in [0.29, 0.717) is 36.9 Å². The summed E-state index contributed by atoms with van der Waals surface area (Å²) in [5.74, 6) is -2.49. The molecule has 2 heterocycles. The van der Waals surface area contributed by atoms with Crippen LogP contribution in [-0.4, -0.2) is 42.7 Å². The van der Waals surface area contributed by atoms with E-state index in [2.05, 4.69) is 4.72 Å². The summed E-state index contributed by atoms with van der Waals surface area (Å²) in [5, 5.41) is 21.0. The van der Waals surface area contributed by atoms with Crippen LogP contribution in [0.2, 0.25) is 5.02 Å². The number of hydrogen-bond donors (Lipinski definition) is 3. The van der Waals surface area contributed by atoms with Crippen LogP contribution in [0.15, 0.2) is 53.4 Å². The van der Waals surface area contributed by atoms with Crippen LogP contribution in [0.1, 0.15) is 18.2 Å². The fourth-order valence-electron chi connectivity index (χ4n) is 4.24. The second kappa shape index (κ2) is 8.38. The predicted molar refractivity (Wildman–Crippen MR) is 121 cm³/mol. The van der Waals surface area contributed by atoms with Crippen molar-refractivity contribution >= 4 is 27.3 Å². The quantitative estimate of drug-likeness (QED) is 0.420. The predicted octanol–water partition coefficient (Wildman–Crippen LogP) is 4.25. The topological polar surface area (TPSA) is 99.1 Å². The number of fused-ring (bicyclic) bond motifs is 8. The number of ether oxygens (including phenoxy) is 1. The van der Waals surface area contributed by atoms with Crippen LogP contribution in [0, 0.1) is 11.6 Å². The van der Waals surface area contributed by atoms with E-state index in [4.69, 9.17) is 16.3 Å². The fraction of sp³-hybridized carbons (Fsp3) is 0.217. The number of phenolic OH excluding ortho intramolecular Hbond substituents is 1. The van der Waals surface area contributed by atoms with Crippen LogP contribution >= 0.6 is 11.6 Å². The van der Waals surface area contributed by atoms with Crippen molar-refractivity contribution < 1.29 is 32.1 Å². The van der Waals surface area contributed by atoms with E-state index in [-0.39, 0.29) is 22.3 Å². The third kappa shape index (κ3) is 3.96. The number of hydrogen-bond acceptors (Lipinski definition) is 6. The van der Waals surface area contributed by atoms with Crippen molar-refractivity contribution in [3.05, 3.63) is 70.8 Å². The molecule has 3 aromatic carbocycles. The van der Waals surface area contributed by atoms with E-state index in [9.17, 15) is 27.4 Å². The molecule has 0 amide bonds. The van der Waals surface area contributed by atoms with Gasteiger partial charge in [0.25, 0.3) is 10.0 Å². The van der Waals surface area contributed by atoms with Crippen LogP contribution in [0.4, 0.5) is 14.5 Å². The Morgan fingerprint density at radius 1 is 1.09 bits per heavy atom. The van der Waals surface area contributed by atoms with Gasteiger partial charge in [-0.1, -0.05) is 29.8 Å². The summed E-state index contributed by atoms with van der Waals surface area (Å²) in [4.78, 5) is 1.02. The average Bonchev–Trinajstić information content (AvgIpc) is 3.25. The highest BCUT2D eigenvalue weighted by molar-refractivity contribution is 7.92. The van der Waals surface area contributed by atoms with Gasteiger partial charge in [-0.2, -0.15) is 0 Å². The highest BCUT2D eigenvalue weighted by Crippen LogP contribution is 2.40. The number of para-hydroxylation sites is 1. The Balaban J connectivity index is 1.74. The van der Waals surface area contributed by atoms with Crippen molar-refractivity contribution in [2.45, 2.75) is 23.6 Å². The van der Waals surface area contributed by atoms with Gasteiger partial charge in [0.1, 0.15) is 34.6 Å². The lowest BCUT2D eigenvalue weighted by atomic mass is 10.0. The first kappa shape index (κ1) is 22.9. The molecule has 1 fully saturated rings. The summed E-state index contributed by atoms with van der Waals surface area (Å²) in [6, 6.07) is 10.5. The monoisotopic (exact) mass is 508 g/mol. The molecule has 0 spiro atoms. The molecule has 7 nitrogen and oxygen atoms in total. The SMILES string of the molecule is O=S1(=O)Nc2cc(c(F)cc2F)-c2ccccc2O[C@@H]2CCN(C2)C(O)c2cc(Cl)c(O)c1c2. The Morgan fingerprint density at radius 3 is 2.65 bits per heavy atom. The maximum atomic E-state index is 14.8. The van der Waals surface area contributed by atoms with Crippen LogP contribution < -0.4 is 9.46 Å². The van der Waals surface area contributed by atoms with Gasteiger partial charge >= 0.3 is 0 Å². The maximum Gasteiger partial charge on any atom is 0.265 e. The zero-order valence-corrected chi connectivity index (χ0v) is 19.1. The zero-order valence-electron chi connectivity index (χ0n) is 17.5. The van der Waals surface area contributed by atoms with Gasteiger partial charge in [0.05, 0.1) is 10.7 Å². The molecule has 3 aromatic rings. The highest BCUT2D eigenvalue weighted by Gasteiger charge is 2.32. The van der Waals surface area contributed by atoms with Gasteiger partial charge in [0.2, 0.25) is 0 Å². The smallest absolute Gasteiger partial charge is 0.265 e. The summed E-state index contributed by atoms with van der Waals surface area (Å²) in [5.41, 5.74) is -0.177. The number of halogens is 3.